The molecule has 28 heavy (non-hydrogen) atoms. The van der Waals surface area contributed by atoms with Gasteiger partial charge in [0, 0.05) is 5.69 Å². The van der Waals surface area contributed by atoms with Crippen molar-refractivity contribution in [2.75, 3.05) is 23.5 Å². The number of carbonyl (C=O) groups is 2. The van der Waals surface area contributed by atoms with E-state index in [-0.39, 0.29) is 11.7 Å². The number of nitrogens with zero attached hydrogens (tertiary/aromatic N) is 2. The number of thiophene rings is 1. The summed E-state index contributed by atoms with van der Waals surface area (Å²) in [6, 6.07) is 7.71. The Bertz CT molecular complexity index is 1000. The molecule has 1 amide bonds. The highest BCUT2D eigenvalue weighted by atomic mass is 32.2. The number of esters is 1. The van der Waals surface area contributed by atoms with E-state index in [0.29, 0.717) is 20.0 Å². The topological polar surface area (TPSA) is 93.2 Å². The van der Waals surface area contributed by atoms with Gasteiger partial charge in [0.2, 0.25) is 11.0 Å². The van der Waals surface area contributed by atoms with E-state index < -0.39 is 5.97 Å². The lowest BCUT2D eigenvalue weighted by Gasteiger charge is -2.08. The highest BCUT2D eigenvalue weighted by Crippen LogP contribution is 2.30. The standard InChI is InChI=1S/C18H18N4O3S3/c1-10-5-4-6-12(11(10)2)20-17-21-22-18(28-17)27-9-14(23)19-13-7-8-26-15(13)16(24)25-3/h4-8H,9H2,1-3H3,(H,19,23)(H,20,21). The molecule has 2 aromatic heterocycles. The van der Waals surface area contributed by atoms with Gasteiger partial charge in [0.25, 0.3) is 0 Å². The second-order valence-corrected chi connectivity index (χ2v) is 8.85. The number of amides is 1. The summed E-state index contributed by atoms with van der Waals surface area (Å²) in [6.45, 7) is 4.10. The second-order valence-electron chi connectivity index (χ2n) is 5.74. The third kappa shape index (κ3) is 4.89. The minimum atomic E-state index is -0.468. The maximum atomic E-state index is 12.2. The maximum absolute atomic E-state index is 12.2. The van der Waals surface area contributed by atoms with Crippen molar-refractivity contribution in [1.82, 2.24) is 10.2 Å². The third-order valence-corrected chi connectivity index (χ3v) is 6.76. The number of rotatable bonds is 7. The molecule has 0 aliphatic heterocycles. The van der Waals surface area contributed by atoms with Crippen molar-refractivity contribution < 1.29 is 14.3 Å². The first kappa shape index (κ1) is 20.3. The molecule has 0 aliphatic rings. The maximum Gasteiger partial charge on any atom is 0.350 e. The van der Waals surface area contributed by atoms with Crippen LogP contribution in [0.15, 0.2) is 34.0 Å². The number of hydrogen-bond acceptors (Lipinski definition) is 9. The van der Waals surface area contributed by atoms with Crippen LogP contribution in [0, 0.1) is 13.8 Å². The number of nitrogens with one attached hydrogen (secondary N) is 2. The van der Waals surface area contributed by atoms with Gasteiger partial charge >= 0.3 is 5.97 Å². The van der Waals surface area contributed by atoms with Crippen LogP contribution < -0.4 is 10.6 Å². The van der Waals surface area contributed by atoms with Gasteiger partial charge in [-0.1, -0.05) is 35.2 Å². The van der Waals surface area contributed by atoms with Gasteiger partial charge < -0.3 is 15.4 Å². The van der Waals surface area contributed by atoms with Gasteiger partial charge in [-0.3, -0.25) is 4.79 Å². The third-order valence-electron chi connectivity index (χ3n) is 3.89. The highest BCUT2D eigenvalue weighted by Gasteiger charge is 2.16. The van der Waals surface area contributed by atoms with Crippen molar-refractivity contribution in [3.8, 4) is 0 Å². The first-order chi connectivity index (χ1) is 13.5. The molecule has 0 bridgehead atoms. The molecular weight excluding hydrogens is 416 g/mol. The molecule has 10 heteroatoms. The van der Waals surface area contributed by atoms with Gasteiger partial charge in [-0.2, -0.15) is 0 Å². The Kier molecular flexibility index (Phi) is 6.65. The zero-order chi connectivity index (χ0) is 20.1. The van der Waals surface area contributed by atoms with Crippen molar-refractivity contribution in [2.24, 2.45) is 0 Å². The van der Waals surface area contributed by atoms with E-state index >= 15 is 0 Å². The van der Waals surface area contributed by atoms with E-state index in [1.54, 1.807) is 11.4 Å². The molecule has 3 rings (SSSR count). The van der Waals surface area contributed by atoms with Crippen LogP contribution in [0.1, 0.15) is 20.8 Å². The molecule has 0 atom stereocenters. The van der Waals surface area contributed by atoms with Crippen LogP contribution in [0.3, 0.4) is 0 Å². The number of thioether (sulfide) groups is 1. The van der Waals surface area contributed by atoms with Crippen molar-refractivity contribution in [3.05, 3.63) is 45.6 Å². The Labute approximate surface area is 174 Å². The van der Waals surface area contributed by atoms with Crippen molar-refractivity contribution in [3.63, 3.8) is 0 Å². The number of aryl methyl sites for hydroxylation is 1. The summed E-state index contributed by atoms with van der Waals surface area (Å²) in [5.74, 6) is -0.536. The predicted octanol–water partition coefficient (Wildman–Crippen LogP) is 4.48. The monoisotopic (exact) mass is 434 g/mol. The quantitative estimate of drug-likeness (QED) is 0.418. The number of carbonyl (C=O) groups excluding carboxylic acids is 2. The number of benzene rings is 1. The molecule has 2 heterocycles. The average Bonchev–Trinajstić information content (AvgIpc) is 3.32. The minimum Gasteiger partial charge on any atom is -0.465 e. The first-order valence-corrected chi connectivity index (χ1v) is 10.9. The van der Waals surface area contributed by atoms with Crippen LogP contribution >= 0.6 is 34.4 Å². The predicted molar refractivity (Wildman–Crippen MR) is 114 cm³/mol. The molecule has 0 spiro atoms. The molecule has 3 aromatic rings. The van der Waals surface area contributed by atoms with E-state index in [2.05, 4.69) is 33.8 Å². The molecule has 7 nitrogen and oxygen atoms in total. The molecule has 146 valence electrons. The molecule has 0 aliphatic carbocycles. The average molecular weight is 435 g/mol. The van der Waals surface area contributed by atoms with Gasteiger partial charge in [-0.05, 0) is 42.5 Å². The summed E-state index contributed by atoms with van der Waals surface area (Å²) in [7, 11) is 1.31. The Hall–Kier alpha value is -2.43. The molecule has 0 fully saturated rings. The van der Waals surface area contributed by atoms with Gasteiger partial charge in [0.1, 0.15) is 4.88 Å². The fourth-order valence-electron chi connectivity index (χ4n) is 2.29. The lowest BCUT2D eigenvalue weighted by atomic mass is 10.1. The molecule has 0 radical (unpaired) electrons. The second kappa shape index (κ2) is 9.18. The number of methoxy groups -OCH3 is 1. The fraction of sp³-hybridized carbons (Fsp3) is 0.222. The number of aromatic nitrogens is 2. The molecule has 1 aromatic carbocycles. The summed E-state index contributed by atoms with van der Waals surface area (Å²) in [4.78, 5) is 24.2. The lowest BCUT2D eigenvalue weighted by Crippen LogP contribution is -2.15. The molecular formula is C18H18N4O3S3. The SMILES string of the molecule is COC(=O)c1sccc1NC(=O)CSc1nnc(Nc2cccc(C)c2C)s1. The smallest absolute Gasteiger partial charge is 0.350 e. The summed E-state index contributed by atoms with van der Waals surface area (Å²) < 4.78 is 5.39. The van der Waals surface area contributed by atoms with E-state index in [1.165, 1.54) is 47.1 Å². The highest BCUT2D eigenvalue weighted by molar-refractivity contribution is 8.01. The Morgan fingerprint density at radius 1 is 1.18 bits per heavy atom. The number of anilines is 3. The van der Waals surface area contributed by atoms with Crippen LogP contribution in [0.4, 0.5) is 16.5 Å². The van der Waals surface area contributed by atoms with Crippen LogP contribution in [0.2, 0.25) is 0 Å². The summed E-state index contributed by atoms with van der Waals surface area (Å²) in [5.41, 5.74) is 3.79. The molecule has 2 N–H and O–H groups in total. The van der Waals surface area contributed by atoms with E-state index in [0.717, 1.165) is 11.3 Å². The van der Waals surface area contributed by atoms with Crippen LogP contribution in [-0.4, -0.2) is 34.9 Å². The lowest BCUT2D eigenvalue weighted by molar-refractivity contribution is -0.113. The van der Waals surface area contributed by atoms with Gasteiger partial charge in [0.05, 0.1) is 18.6 Å². The Morgan fingerprint density at radius 2 is 2.00 bits per heavy atom. The molecule has 0 unspecified atom stereocenters. The Balaban J connectivity index is 1.56. The van der Waals surface area contributed by atoms with Gasteiger partial charge in [0.15, 0.2) is 4.34 Å². The molecule has 0 saturated heterocycles. The van der Waals surface area contributed by atoms with Crippen molar-refractivity contribution in [2.45, 2.75) is 18.2 Å². The normalized spacial score (nSPS) is 10.5. The zero-order valence-electron chi connectivity index (χ0n) is 15.4. The molecule has 0 saturated carbocycles. The van der Waals surface area contributed by atoms with E-state index in [4.69, 9.17) is 4.74 Å². The Morgan fingerprint density at radius 3 is 2.79 bits per heavy atom. The zero-order valence-corrected chi connectivity index (χ0v) is 17.9. The largest absolute Gasteiger partial charge is 0.465 e. The summed E-state index contributed by atoms with van der Waals surface area (Å²) in [5, 5.41) is 16.6. The van der Waals surface area contributed by atoms with Crippen LogP contribution in [-0.2, 0) is 9.53 Å². The fourth-order valence-corrected chi connectivity index (χ4v) is 4.62. The minimum absolute atomic E-state index is 0.161. The number of ether oxygens (including phenoxy) is 1. The first-order valence-electron chi connectivity index (χ1n) is 8.23. The van der Waals surface area contributed by atoms with Crippen LogP contribution in [0.5, 0.6) is 0 Å². The van der Waals surface area contributed by atoms with Crippen molar-refractivity contribution >= 4 is 62.8 Å². The van der Waals surface area contributed by atoms with Crippen molar-refractivity contribution in [1.29, 1.82) is 0 Å². The van der Waals surface area contributed by atoms with E-state index in [1.807, 2.05) is 19.1 Å². The number of hydrogen-bond donors (Lipinski definition) is 2. The summed E-state index contributed by atoms with van der Waals surface area (Å²) >= 11 is 3.89. The van der Waals surface area contributed by atoms with E-state index in [9.17, 15) is 9.59 Å². The van der Waals surface area contributed by atoms with Gasteiger partial charge in [-0.15, -0.1) is 21.5 Å². The summed E-state index contributed by atoms with van der Waals surface area (Å²) in [6.07, 6.45) is 0. The van der Waals surface area contributed by atoms with Crippen LogP contribution in [0.25, 0.3) is 0 Å². The van der Waals surface area contributed by atoms with Gasteiger partial charge in [-0.25, -0.2) is 4.79 Å².